The second kappa shape index (κ2) is 20.3. The van der Waals surface area contributed by atoms with Crippen molar-refractivity contribution in [2.45, 2.75) is 111 Å². The first-order chi connectivity index (χ1) is 11.7. The number of hydrogen-bond acceptors (Lipinski definition) is 0. The predicted molar refractivity (Wildman–Crippen MR) is 112 cm³/mol. The monoisotopic (exact) mass is 373 g/mol. The smallest absolute Gasteiger partial charge is 0.0970 e. The lowest BCUT2D eigenvalue weighted by Crippen LogP contribution is -3.00. The molecular weight excluding hydrogens is 326 g/mol. The van der Waals surface area contributed by atoms with Gasteiger partial charge in [-0.1, -0.05) is 90.6 Å². The summed E-state index contributed by atoms with van der Waals surface area (Å²) >= 11 is 0. The average molecular weight is 374 g/mol. The second-order valence-electron chi connectivity index (χ2n) is 7.77. The predicted octanol–water partition coefficient (Wildman–Crippen LogP) is 4.51. The summed E-state index contributed by atoms with van der Waals surface area (Å²) in [5.41, 5.74) is 0. The molecule has 0 aliphatic carbocycles. The Morgan fingerprint density at radius 3 is 1.28 bits per heavy atom. The molecule has 0 aromatic rings. The SMILES string of the molecule is C=CC[N+](CC)(CC)CCCCCCCCCCCCCCCC.[Cl-]. The number of nitrogens with zero attached hydrogens (tertiary/aromatic N) is 1. The van der Waals surface area contributed by atoms with Crippen molar-refractivity contribution in [3.05, 3.63) is 12.7 Å². The summed E-state index contributed by atoms with van der Waals surface area (Å²) in [5, 5.41) is 0. The van der Waals surface area contributed by atoms with E-state index in [1.54, 1.807) is 0 Å². The second-order valence-corrected chi connectivity index (χ2v) is 7.77. The number of hydrogen-bond donors (Lipinski definition) is 0. The maximum Gasteiger partial charge on any atom is 0.0970 e. The largest absolute Gasteiger partial charge is 1.00 e. The van der Waals surface area contributed by atoms with Gasteiger partial charge in [-0.05, 0) is 32.8 Å². The van der Waals surface area contributed by atoms with Gasteiger partial charge in [0, 0.05) is 0 Å². The van der Waals surface area contributed by atoms with Gasteiger partial charge >= 0.3 is 0 Å². The molecule has 0 bridgehead atoms. The van der Waals surface area contributed by atoms with Crippen LogP contribution in [0.1, 0.15) is 111 Å². The summed E-state index contributed by atoms with van der Waals surface area (Å²) in [6, 6.07) is 0. The molecule has 0 spiro atoms. The van der Waals surface area contributed by atoms with Gasteiger partial charge in [-0.25, -0.2) is 0 Å². The van der Waals surface area contributed by atoms with Crippen LogP contribution in [0.3, 0.4) is 0 Å². The molecule has 0 saturated carbocycles. The highest BCUT2D eigenvalue weighted by atomic mass is 35.5. The molecule has 0 atom stereocenters. The molecule has 0 unspecified atom stereocenters. The van der Waals surface area contributed by atoms with E-state index in [0.29, 0.717) is 0 Å². The molecule has 0 saturated heterocycles. The van der Waals surface area contributed by atoms with Gasteiger partial charge < -0.3 is 16.9 Å². The lowest BCUT2D eigenvalue weighted by molar-refractivity contribution is -0.919. The summed E-state index contributed by atoms with van der Waals surface area (Å²) in [6.45, 7) is 15.9. The molecule has 1 nitrogen and oxygen atoms in total. The minimum absolute atomic E-state index is 0. The molecule has 0 heterocycles. The van der Waals surface area contributed by atoms with Gasteiger partial charge in [0.1, 0.15) is 0 Å². The average Bonchev–Trinajstić information content (AvgIpc) is 2.61. The molecule has 0 aliphatic heterocycles. The summed E-state index contributed by atoms with van der Waals surface area (Å²) in [5.74, 6) is 0. The molecule has 0 aromatic carbocycles. The number of halogens is 1. The standard InChI is InChI=1S/C23H48N.ClH/c1-5-9-10-11-12-13-14-15-16-17-18-19-20-21-23-24(7-3,8-4)22-6-2;/h6H,2,5,7-23H2,1,3-4H3;1H/q+1;/p-1. The lowest BCUT2D eigenvalue weighted by atomic mass is 10.0. The zero-order valence-electron chi connectivity index (χ0n) is 17.8. The fourth-order valence-electron chi connectivity index (χ4n) is 3.80. The first-order valence-electron chi connectivity index (χ1n) is 11.2. The van der Waals surface area contributed by atoms with E-state index in [1.165, 1.54) is 114 Å². The first-order valence-corrected chi connectivity index (χ1v) is 11.2. The molecule has 2 heteroatoms. The summed E-state index contributed by atoms with van der Waals surface area (Å²) < 4.78 is 1.24. The van der Waals surface area contributed by atoms with Crippen molar-refractivity contribution in [2.24, 2.45) is 0 Å². The third kappa shape index (κ3) is 15.9. The van der Waals surface area contributed by atoms with Crippen LogP contribution in [-0.2, 0) is 0 Å². The minimum atomic E-state index is 0. The van der Waals surface area contributed by atoms with Crippen molar-refractivity contribution in [3.8, 4) is 0 Å². The van der Waals surface area contributed by atoms with E-state index < -0.39 is 0 Å². The number of likely N-dealkylation sites (N-methyl/N-ethyl adjacent to an activating group) is 1. The molecule has 0 amide bonds. The van der Waals surface area contributed by atoms with E-state index in [9.17, 15) is 0 Å². The fraction of sp³-hybridized carbons (Fsp3) is 0.913. The highest BCUT2D eigenvalue weighted by molar-refractivity contribution is 4.66. The molecule has 0 aliphatic rings. The molecule has 152 valence electrons. The fourth-order valence-corrected chi connectivity index (χ4v) is 3.80. The van der Waals surface area contributed by atoms with Crippen LogP contribution in [0.2, 0.25) is 0 Å². The van der Waals surface area contributed by atoms with Crippen molar-refractivity contribution >= 4 is 0 Å². The Balaban J connectivity index is 0. The maximum absolute atomic E-state index is 3.94. The van der Waals surface area contributed by atoms with Crippen molar-refractivity contribution in [1.29, 1.82) is 0 Å². The highest BCUT2D eigenvalue weighted by Crippen LogP contribution is 2.14. The van der Waals surface area contributed by atoms with Crippen LogP contribution in [0, 0.1) is 0 Å². The molecule has 0 fully saturated rings. The van der Waals surface area contributed by atoms with E-state index in [4.69, 9.17) is 0 Å². The molecule has 0 rings (SSSR count). The Labute approximate surface area is 166 Å². The molecule has 25 heavy (non-hydrogen) atoms. The number of rotatable bonds is 19. The van der Waals surface area contributed by atoms with Gasteiger partial charge in [0.25, 0.3) is 0 Å². The van der Waals surface area contributed by atoms with Crippen LogP contribution < -0.4 is 12.4 Å². The van der Waals surface area contributed by atoms with Crippen molar-refractivity contribution in [3.63, 3.8) is 0 Å². The number of unbranched alkanes of at least 4 members (excludes halogenated alkanes) is 13. The topological polar surface area (TPSA) is 0 Å². The van der Waals surface area contributed by atoms with Gasteiger partial charge in [0.15, 0.2) is 0 Å². The van der Waals surface area contributed by atoms with Crippen LogP contribution in [0.5, 0.6) is 0 Å². The van der Waals surface area contributed by atoms with Crippen LogP contribution in [0.25, 0.3) is 0 Å². The Morgan fingerprint density at radius 2 is 0.960 bits per heavy atom. The number of quaternary nitrogens is 1. The van der Waals surface area contributed by atoms with Gasteiger partial charge in [0.2, 0.25) is 0 Å². The van der Waals surface area contributed by atoms with Crippen LogP contribution in [-0.4, -0.2) is 30.7 Å². The lowest BCUT2D eigenvalue weighted by Gasteiger charge is -2.36. The highest BCUT2D eigenvalue weighted by Gasteiger charge is 2.20. The van der Waals surface area contributed by atoms with Crippen molar-refractivity contribution < 1.29 is 16.9 Å². The van der Waals surface area contributed by atoms with Crippen LogP contribution >= 0.6 is 0 Å². The van der Waals surface area contributed by atoms with Crippen LogP contribution in [0.4, 0.5) is 0 Å². The van der Waals surface area contributed by atoms with E-state index in [1.807, 2.05) is 0 Å². The summed E-state index contributed by atoms with van der Waals surface area (Å²) in [4.78, 5) is 0. The Bertz CT molecular complexity index is 261. The zero-order chi connectivity index (χ0) is 17.9. The van der Waals surface area contributed by atoms with E-state index in [2.05, 4.69) is 33.4 Å². The third-order valence-electron chi connectivity index (χ3n) is 5.84. The Kier molecular flexibility index (Phi) is 22.1. The third-order valence-corrected chi connectivity index (χ3v) is 5.84. The first kappa shape index (κ1) is 27.2. The molecule has 0 aromatic heterocycles. The van der Waals surface area contributed by atoms with Crippen molar-refractivity contribution in [2.75, 3.05) is 26.2 Å². The van der Waals surface area contributed by atoms with Gasteiger partial charge in [-0.3, -0.25) is 0 Å². The summed E-state index contributed by atoms with van der Waals surface area (Å²) in [7, 11) is 0. The molecular formula is C23H48ClN. The van der Waals surface area contributed by atoms with Gasteiger partial charge in [-0.2, -0.15) is 0 Å². The van der Waals surface area contributed by atoms with Gasteiger partial charge in [-0.15, -0.1) is 0 Å². The maximum atomic E-state index is 3.94. The minimum Gasteiger partial charge on any atom is -1.00 e. The van der Waals surface area contributed by atoms with E-state index >= 15 is 0 Å². The molecule has 0 radical (unpaired) electrons. The zero-order valence-corrected chi connectivity index (χ0v) is 18.6. The molecule has 0 N–H and O–H groups in total. The normalized spacial score (nSPS) is 11.3. The summed E-state index contributed by atoms with van der Waals surface area (Å²) in [6.07, 6.45) is 22.4. The Morgan fingerprint density at radius 1 is 0.600 bits per heavy atom. The quantitative estimate of drug-likeness (QED) is 0.177. The Hall–Kier alpha value is -0.0100. The van der Waals surface area contributed by atoms with Gasteiger partial charge in [0.05, 0.1) is 26.2 Å². The van der Waals surface area contributed by atoms with Crippen LogP contribution in [0.15, 0.2) is 12.7 Å². The van der Waals surface area contributed by atoms with Crippen molar-refractivity contribution in [1.82, 2.24) is 0 Å². The van der Waals surface area contributed by atoms with E-state index in [-0.39, 0.29) is 12.4 Å². The van der Waals surface area contributed by atoms with E-state index in [0.717, 1.165) is 6.54 Å².